The molecule has 0 atom stereocenters. The minimum absolute atomic E-state index is 0.142. The molecule has 0 saturated carbocycles. The number of nitrogens with zero attached hydrogens (tertiary/aromatic N) is 3. The third-order valence-electron chi connectivity index (χ3n) is 5.91. The summed E-state index contributed by atoms with van der Waals surface area (Å²) in [5, 5.41) is 9.84. The zero-order valence-electron chi connectivity index (χ0n) is 20.0. The highest BCUT2D eigenvalue weighted by molar-refractivity contribution is 5.89. The van der Waals surface area contributed by atoms with Gasteiger partial charge in [-0.25, -0.2) is 4.79 Å². The minimum atomic E-state index is -0.337. The van der Waals surface area contributed by atoms with E-state index in [2.05, 4.69) is 33.5 Å². The number of pyridine rings is 1. The number of benzene rings is 2. The van der Waals surface area contributed by atoms with Crippen LogP contribution < -0.4 is 9.64 Å². The van der Waals surface area contributed by atoms with Gasteiger partial charge in [-0.3, -0.25) is 9.88 Å². The van der Waals surface area contributed by atoms with Crippen molar-refractivity contribution in [3.8, 4) is 22.6 Å². The van der Waals surface area contributed by atoms with E-state index in [1.807, 2.05) is 37.3 Å². The molecule has 1 saturated heterocycles. The number of aromatic hydroxyl groups is 1. The van der Waals surface area contributed by atoms with Gasteiger partial charge in [0.05, 0.1) is 18.4 Å². The number of aromatic nitrogens is 1. The number of ether oxygens (including phenoxy) is 2. The maximum Gasteiger partial charge on any atom is 0.338 e. The Morgan fingerprint density at radius 3 is 2.51 bits per heavy atom. The van der Waals surface area contributed by atoms with Crippen LogP contribution in [0.15, 0.2) is 73.6 Å². The number of hydrogen-bond donors (Lipinski definition) is 1. The molecule has 7 heteroatoms. The van der Waals surface area contributed by atoms with Crippen LogP contribution in [0.3, 0.4) is 0 Å². The van der Waals surface area contributed by atoms with Crippen LogP contribution in [0.2, 0.25) is 0 Å². The monoisotopic (exact) mass is 473 g/mol. The first-order chi connectivity index (χ1) is 17.1. The standard InChI is InChI=1S/C28H31N3O4/c1-3-13-35-28(33)22-5-7-25(8-6-22)31-11-9-30(10-12-31)20-21-14-23(17-27(15-21)34-4-2)24-16-26(32)19-29-18-24/h3,5-8,14-19,32H,1,4,9-13,20H2,2H3. The molecule has 35 heavy (non-hydrogen) atoms. The molecule has 2 aromatic carbocycles. The third-order valence-corrected chi connectivity index (χ3v) is 5.91. The molecule has 182 valence electrons. The van der Waals surface area contributed by atoms with Crippen molar-refractivity contribution in [1.29, 1.82) is 0 Å². The SMILES string of the molecule is C=CCOC(=O)c1ccc(N2CCN(Cc3cc(OCC)cc(-c4cncc(O)c4)c3)CC2)cc1. The molecular weight excluding hydrogens is 442 g/mol. The number of carbonyl (C=O) groups excluding carboxylic acids is 1. The van der Waals surface area contributed by atoms with Gasteiger partial charge in [0.25, 0.3) is 0 Å². The third kappa shape index (κ3) is 6.39. The van der Waals surface area contributed by atoms with E-state index >= 15 is 0 Å². The van der Waals surface area contributed by atoms with Crippen LogP contribution in [0.1, 0.15) is 22.8 Å². The quantitative estimate of drug-likeness (QED) is 0.362. The Balaban J connectivity index is 1.39. The summed E-state index contributed by atoms with van der Waals surface area (Å²) in [5.41, 5.74) is 4.63. The number of anilines is 1. The van der Waals surface area contributed by atoms with Gasteiger partial charge in [-0.2, -0.15) is 0 Å². The topological polar surface area (TPSA) is 75.1 Å². The van der Waals surface area contributed by atoms with Gasteiger partial charge in [-0.1, -0.05) is 12.7 Å². The lowest BCUT2D eigenvalue weighted by molar-refractivity contribution is 0.0549. The van der Waals surface area contributed by atoms with Crippen LogP contribution >= 0.6 is 0 Å². The Morgan fingerprint density at radius 2 is 1.83 bits per heavy atom. The maximum absolute atomic E-state index is 12.0. The molecule has 1 N–H and O–H groups in total. The second-order valence-electron chi connectivity index (χ2n) is 8.43. The highest BCUT2D eigenvalue weighted by atomic mass is 16.5. The van der Waals surface area contributed by atoms with Crippen molar-refractivity contribution < 1.29 is 19.4 Å². The molecular formula is C28H31N3O4. The summed E-state index contributed by atoms with van der Waals surface area (Å²) in [6, 6.07) is 15.5. The molecule has 1 fully saturated rings. The fraction of sp³-hybridized carbons (Fsp3) is 0.286. The first-order valence-electron chi connectivity index (χ1n) is 11.8. The van der Waals surface area contributed by atoms with Crippen LogP contribution in [-0.4, -0.2) is 60.4 Å². The van der Waals surface area contributed by atoms with E-state index in [0.29, 0.717) is 12.2 Å². The van der Waals surface area contributed by atoms with Gasteiger partial charge in [0.1, 0.15) is 18.1 Å². The summed E-state index contributed by atoms with van der Waals surface area (Å²) in [6.07, 6.45) is 4.74. The number of esters is 1. The first kappa shape index (κ1) is 24.3. The number of rotatable bonds is 9. The molecule has 4 rings (SSSR count). The van der Waals surface area contributed by atoms with Crippen molar-refractivity contribution >= 4 is 11.7 Å². The van der Waals surface area contributed by atoms with E-state index in [0.717, 1.165) is 60.9 Å². The smallest absolute Gasteiger partial charge is 0.338 e. The van der Waals surface area contributed by atoms with Gasteiger partial charge in [0.2, 0.25) is 0 Å². The molecule has 0 unspecified atom stereocenters. The largest absolute Gasteiger partial charge is 0.506 e. The molecule has 0 spiro atoms. The van der Waals surface area contributed by atoms with Gasteiger partial charge in [0.15, 0.2) is 0 Å². The average molecular weight is 474 g/mol. The molecule has 7 nitrogen and oxygen atoms in total. The second kappa shape index (κ2) is 11.5. The Hall–Kier alpha value is -3.84. The Kier molecular flexibility index (Phi) is 8.00. The van der Waals surface area contributed by atoms with Gasteiger partial charge in [-0.15, -0.1) is 0 Å². The first-order valence-corrected chi connectivity index (χ1v) is 11.8. The summed E-state index contributed by atoms with van der Waals surface area (Å²) < 4.78 is 10.9. The van der Waals surface area contributed by atoms with Crippen LogP contribution in [0.25, 0.3) is 11.1 Å². The van der Waals surface area contributed by atoms with E-state index < -0.39 is 0 Å². The highest BCUT2D eigenvalue weighted by Crippen LogP contribution is 2.29. The fourth-order valence-corrected chi connectivity index (χ4v) is 4.20. The summed E-state index contributed by atoms with van der Waals surface area (Å²) in [5.74, 6) is 0.619. The Morgan fingerprint density at radius 1 is 1.06 bits per heavy atom. The molecule has 1 aliphatic heterocycles. The van der Waals surface area contributed by atoms with Crippen LogP contribution in [0.4, 0.5) is 5.69 Å². The van der Waals surface area contributed by atoms with Crippen molar-refractivity contribution in [2.45, 2.75) is 13.5 Å². The highest BCUT2D eigenvalue weighted by Gasteiger charge is 2.19. The average Bonchev–Trinajstić information content (AvgIpc) is 2.88. The second-order valence-corrected chi connectivity index (χ2v) is 8.43. The molecule has 0 bridgehead atoms. The van der Waals surface area contributed by atoms with E-state index in [1.165, 1.54) is 6.20 Å². The molecule has 0 amide bonds. The van der Waals surface area contributed by atoms with Crippen molar-refractivity contribution in [3.63, 3.8) is 0 Å². The Labute approximate surface area is 206 Å². The van der Waals surface area contributed by atoms with Crippen LogP contribution in [0, 0.1) is 0 Å². The van der Waals surface area contributed by atoms with Crippen LogP contribution in [0.5, 0.6) is 11.5 Å². The predicted octanol–water partition coefficient (Wildman–Crippen LogP) is 4.52. The molecule has 0 radical (unpaired) electrons. The van der Waals surface area contributed by atoms with E-state index in [-0.39, 0.29) is 18.3 Å². The lowest BCUT2D eigenvalue weighted by atomic mass is 10.0. The van der Waals surface area contributed by atoms with Gasteiger partial charge in [0, 0.05) is 50.2 Å². The van der Waals surface area contributed by atoms with E-state index in [9.17, 15) is 9.90 Å². The summed E-state index contributed by atoms with van der Waals surface area (Å²) in [7, 11) is 0. The Bertz CT molecular complexity index is 1160. The summed E-state index contributed by atoms with van der Waals surface area (Å²) >= 11 is 0. The molecule has 3 aromatic rings. The van der Waals surface area contributed by atoms with Crippen molar-refractivity contribution in [2.24, 2.45) is 0 Å². The van der Waals surface area contributed by atoms with Crippen molar-refractivity contribution in [2.75, 3.05) is 44.3 Å². The fourth-order valence-electron chi connectivity index (χ4n) is 4.20. The maximum atomic E-state index is 12.0. The molecule has 2 heterocycles. The lowest BCUT2D eigenvalue weighted by Crippen LogP contribution is -2.45. The molecule has 1 aliphatic rings. The number of piperazine rings is 1. The van der Waals surface area contributed by atoms with Gasteiger partial charge < -0.3 is 19.5 Å². The van der Waals surface area contributed by atoms with Gasteiger partial charge >= 0.3 is 5.97 Å². The summed E-state index contributed by atoms with van der Waals surface area (Å²) in [4.78, 5) is 20.9. The van der Waals surface area contributed by atoms with Crippen molar-refractivity contribution in [1.82, 2.24) is 9.88 Å². The zero-order chi connectivity index (χ0) is 24.6. The number of carbonyl (C=O) groups is 1. The number of hydrogen-bond acceptors (Lipinski definition) is 7. The van der Waals surface area contributed by atoms with E-state index in [4.69, 9.17) is 9.47 Å². The van der Waals surface area contributed by atoms with Gasteiger partial charge in [-0.05, 0) is 66.6 Å². The van der Waals surface area contributed by atoms with E-state index in [1.54, 1.807) is 18.3 Å². The molecule has 0 aliphatic carbocycles. The van der Waals surface area contributed by atoms with Crippen molar-refractivity contribution in [3.05, 3.63) is 84.7 Å². The normalized spacial score (nSPS) is 13.9. The minimum Gasteiger partial charge on any atom is -0.506 e. The molecule has 1 aromatic heterocycles. The zero-order valence-corrected chi connectivity index (χ0v) is 20.0. The summed E-state index contributed by atoms with van der Waals surface area (Å²) in [6.45, 7) is 10.8. The van der Waals surface area contributed by atoms with Crippen LogP contribution in [-0.2, 0) is 11.3 Å². The predicted molar refractivity (Wildman–Crippen MR) is 137 cm³/mol. The lowest BCUT2D eigenvalue weighted by Gasteiger charge is -2.36.